The number of benzene rings is 1. The Morgan fingerprint density at radius 2 is 2.13 bits per heavy atom. The summed E-state index contributed by atoms with van der Waals surface area (Å²) in [5.74, 6) is -1.09. The van der Waals surface area contributed by atoms with Gasteiger partial charge in [-0.05, 0) is 25.5 Å². The van der Waals surface area contributed by atoms with Crippen LogP contribution in [0.4, 0.5) is 10.8 Å². The predicted octanol–water partition coefficient (Wildman–Crippen LogP) is 4.43. The Kier molecular flexibility index (Phi) is 5.74. The fourth-order valence-electron chi connectivity index (χ4n) is 3.92. The zero-order valence-electron chi connectivity index (χ0n) is 16.8. The molecule has 2 fully saturated rings. The Morgan fingerprint density at radius 3 is 2.90 bits per heavy atom. The van der Waals surface area contributed by atoms with E-state index >= 15 is 0 Å². The highest BCUT2D eigenvalue weighted by molar-refractivity contribution is 7.13. The first-order chi connectivity index (χ1) is 14.4. The summed E-state index contributed by atoms with van der Waals surface area (Å²) in [6.45, 7) is 4.66. The summed E-state index contributed by atoms with van der Waals surface area (Å²) in [6.07, 6.45) is 0.892. The van der Waals surface area contributed by atoms with Gasteiger partial charge >= 0.3 is 11.9 Å². The van der Waals surface area contributed by atoms with Gasteiger partial charge in [0, 0.05) is 24.8 Å². The molecule has 7 nitrogen and oxygen atoms in total. The van der Waals surface area contributed by atoms with Crippen LogP contribution in [0.2, 0.25) is 5.02 Å². The summed E-state index contributed by atoms with van der Waals surface area (Å²) in [7, 11) is 0. The fraction of sp³-hybridized carbons (Fsp3) is 0.476. The van der Waals surface area contributed by atoms with E-state index in [0.29, 0.717) is 22.5 Å². The van der Waals surface area contributed by atoms with E-state index in [1.165, 1.54) is 11.3 Å². The molecule has 1 N–H and O–H groups in total. The zero-order valence-corrected chi connectivity index (χ0v) is 18.3. The van der Waals surface area contributed by atoms with Gasteiger partial charge in [0.1, 0.15) is 6.10 Å². The summed E-state index contributed by atoms with van der Waals surface area (Å²) >= 11 is 7.57. The van der Waals surface area contributed by atoms with Crippen molar-refractivity contribution < 1.29 is 23.8 Å². The van der Waals surface area contributed by atoms with Gasteiger partial charge in [0.2, 0.25) is 0 Å². The number of hydrogen-bond acceptors (Lipinski definition) is 8. The van der Waals surface area contributed by atoms with Crippen LogP contribution >= 0.6 is 22.9 Å². The van der Waals surface area contributed by atoms with E-state index in [4.69, 9.17) is 25.8 Å². The highest BCUT2D eigenvalue weighted by atomic mass is 35.5. The zero-order chi connectivity index (χ0) is 21.4. The lowest BCUT2D eigenvalue weighted by Crippen LogP contribution is -2.32. The van der Waals surface area contributed by atoms with Crippen LogP contribution in [0.15, 0.2) is 29.6 Å². The van der Waals surface area contributed by atoms with Crippen molar-refractivity contribution >= 4 is 45.7 Å². The first-order valence-electron chi connectivity index (χ1n) is 9.86. The van der Waals surface area contributed by atoms with Gasteiger partial charge in [-0.2, -0.15) is 0 Å². The van der Waals surface area contributed by atoms with E-state index in [9.17, 15) is 9.59 Å². The largest absolute Gasteiger partial charge is 0.459 e. The van der Waals surface area contributed by atoms with Crippen LogP contribution in [-0.4, -0.2) is 36.2 Å². The Morgan fingerprint density at radius 1 is 1.33 bits per heavy atom. The number of nitrogens with zero attached hydrogens (tertiary/aromatic N) is 1. The van der Waals surface area contributed by atoms with Gasteiger partial charge in [0.05, 0.1) is 23.0 Å². The summed E-state index contributed by atoms with van der Waals surface area (Å²) in [4.78, 5) is 30.0. The average Bonchev–Trinajstić information content (AvgIpc) is 3.36. The van der Waals surface area contributed by atoms with Gasteiger partial charge in [-0.3, -0.25) is 9.59 Å². The molecule has 4 rings (SSSR count). The van der Waals surface area contributed by atoms with Crippen molar-refractivity contribution in [3.8, 4) is 0 Å². The fourth-order valence-corrected chi connectivity index (χ4v) is 4.95. The summed E-state index contributed by atoms with van der Waals surface area (Å²) in [5.41, 5.74) is -0.980. The maximum absolute atomic E-state index is 12.8. The van der Waals surface area contributed by atoms with Crippen molar-refractivity contribution in [2.24, 2.45) is 5.41 Å². The Bertz CT molecular complexity index is 966. The molecule has 2 aliphatic rings. The van der Waals surface area contributed by atoms with E-state index < -0.39 is 29.1 Å². The molecule has 0 bridgehead atoms. The lowest BCUT2D eigenvalue weighted by Gasteiger charge is -2.20. The molecule has 2 aromatic rings. The summed E-state index contributed by atoms with van der Waals surface area (Å²) < 4.78 is 16.6. The molecule has 3 atom stereocenters. The van der Waals surface area contributed by atoms with E-state index in [1.807, 2.05) is 30.5 Å². The van der Waals surface area contributed by atoms with Gasteiger partial charge in [-0.1, -0.05) is 30.7 Å². The predicted molar refractivity (Wildman–Crippen MR) is 113 cm³/mol. The van der Waals surface area contributed by atoms with Crippen molar-refractivity contribution in [1.29, 1.82) is 0 Å². The minimum atomic E-state index is -1.30. The second-order valence-electron chi connectivity index (χ2n) is 7.83. The minimum Gasteiger partial charge on any atom is -0.459 e. The minimum absolute atomic E-state index is 0.192. The number of para-hydroxylation sites is 1. The van der Waals surface area contributed by atoms with Crippen LogP contribution in [0.5, 0.6) is 0 Å². The van der Waals surface area contributed by atoms with Crippen LogP contribution in [0, 0.1) is 5.41 Å². The quantitative estimate of drug-likeness (QED) is 0.379. The Balaban J connectivity index is 1.50. The molecule has 0 amide bonds. The molecule has 1 spiro atoms. The van der Waals surface area contributed by atoms with E-state index in [0.717, 1.165) is 12.1 Å². The molecule has 1 aromatic heterocycles. The molecule has 0 unspecified atom stereocenters. The molecule has 160 valence electrons. The Hall–Kier alpha value is -2.16. The first kappa shape index (κ1) is 21.1. The van der Waals surface area contributed by atoms with Gasteiger partial charge in [-0.15, -0.1) is 11.3 Å². The molecule has 0 aliphatic carbocycles. The van der Waals surface area contributed by atoms with Crippen molar-refractivity contribution in [3.63, 3.8) is 0 Å². The molecule has 30 heavy (non-hydrogen) atoms. The third-order valence-corrected chi connectivity index (χ3v) is 6.49. The second kappa shape index (κ2) is 8.17. The number of carbonyl (C=O) groups is 2. The number of cyclic esters (lactones) is 2. The number of anilines is 2. The molecule has 9 heteroatoms. The summed E-state index contributed by atoms with van der Waals surface area (Å²) in [6, 6.07) is 7.36. The molecule has 3 heterocycles. The molecular weight excluding hydrogens is 428 g/mol. The average molecular weight is 451 g/mol. The van der Waals surface area contributed by atoms with Crippen LogP contribution in [0.1, 0.15) is 38.8 Å². The first-order valence-corrected chi connectivity index (χ1v) is 11.1. The van der Waals surface area contributed by atoms with Gasteiger partial charge < -0.3 is 19.5 Å². The number of ether oxygens (including phenoxy) is 3. The maximum atomic E-state index is 12.8. The monoisotopic (exact) mass is 450 g/mol. The molecule has 0 saturated carbocycles. The SMILES string of the molecule is CCCOC[C@@H]1C[C@]2(C[C@@](C)(c3csc(Nc4ccccc4Cl)n3)OC2=O)C(=O)O1. The van der Waals surface area contributed by atoms with Crippen LogP contribution < -0.4 is 5.32 Å². The number of hydrogen-bond donors (Lipinski definition) is 1. The number of aromatic nitrogens is 1. The van der Waals surface area contributed by atoms with Gasteiger partial charge in [0.25, 0.3) is 0 Å². The normalized spacial score (nSPS) is 28.0. The third kappa shape index (κ3) is 3.79. The highest BCUT2D eigenvalue weighted by Crippen LogP contribution is 2.52. The second-order valence-corrected chi connectivity index (χ2v) is 9.09. The molecule has 2 aliphatic heterocycles. The van der Waals surface area contributed by atoms with Crippen molar-refractivity contribution in [2.75, 3.05) is 18.5 Å². The number of nitrogens with one attached hydrogen (secondary N) is 1. The van der Waals surface area contributed by atoms with Crippen LogP contribution in [0.3, 0.4) is 0 Å². The standard InChI is InChI=1S/C21H23ClN2O5S/c1-3-8-27-10-13-9-21(17(25)28-13)12-20(2,29-18(21)26)16-11-30-19(24-16)23-15-7-5-4-6-14(15)22/h4-7,11,13H,3,8-10,12H2,1-2H3,(H,23,24)/t13-,20-,21-/m0/s1. The van der Waals surface area contributed by atoms with Gasteiger partial charge in [0.15, 0.2) is 16.1 Å². The highest BCUT2D eigenvalue weighted by Gasteiger charge is 2.65. The number of esters is 2. The van der Waals surface area contributed by atoms with Gasteiger partial charge in [-0.25, -0.2) is 4.98 Å². The lowest BCUT2D eigenvalue weighted by atomic mass is 9.78. The number of carbonyl (C=O) groups excluding carboxylic acids is 2. The maximum Gasteiger partial charge on any atom is 0.324 e. The van der Waals surface area contributed by atoms with Crippen LogP contribution in [-0.2, 0) is 29.4 Å². The van der Waals surface area contributed by atoms with Crippen molar-refractivity contribution in [1.82, 2.24) is 4.98 Å². The summed E-state index contributed by atoms with van der Waals surface area (Å²) in [5, 5.41) is 6.21. The molecule has 2 saturated heterocycles. The smallest absolute Gasteiger partial charge is 0.324 e. The topological polar surface area (TPSA) is 86.8 Å². The Labute approximate surface area is 183 Å². The van der Waals surface area contributed by atoms with E-state index in [-0.39, 0.29) is 19.4 Å². The third-order valence-electron chi connectivity index (χ3n) is 5.40. The number of rotatable bonds is 7. The molecule has 1 aromatic carbocycles. The van der Waals surface area contributed by atoms with E-state index in [1.54, 1.807) is 13.0 Å². The lowest BCUT2D eigenvalue weighted by molar-refractivity contribution is -0.160. The molecule has 0 radical (unpaired) electrons. The number of thiazole rings is 1. The van der Waals surface area contributed by atoms with Crippen molar-refractivity contribution in [3.05, 3.63) is 40.4 Å². The van der Waals surface area contributed by atoms with Crippen LogP contribution in [0.25, 0.3) is 0 Å². The molecular formula is C21H23ClN2O5S. The van der Waals surface area contributed by atoms with E-state index in [2.05, 4.69) is 10.3 Å². The number of halogens is 1. The van der Waals surface area contributed by atoms with Crippen molar-refractivity contribution in [2.45, 2.75) is 44.8 Å².